The molecule has 0 N–H and O–H groups in total. The average Bonchev–Trinajstić information content (AvgIpc) is 2.84. The van der Waals surface area contributed by atoms with Crippen molar-refractivity contribution in [3.8, 4) is 0 Å². The van der Waals surface area contributed by atoms with Gasteiger partial charge in [-0.3, -0.25) is 0 Å². The van der Waals surface area contributed by atoms with Crippen LogP contribution in [-0.2, 0) is 0 Å². The normalized spacial score (nSPS) is 24.5. The van der Waals surface area contributed by atoms with E-state index in [-0.39, 0.29) is 0 Å². The fourth-order valence-electron chi connectivity index (χ4n) is 7.20. The molecular formula is C29H56P2. The van der Waals surface area contributed by atoms with Gasteiger partial charge in [0.2, 0.25) is 0 Å². The summed E-state index contributed by atoms with van der Waals surface area (Å²) in [6.07, 6.45) is 35.9. The minimum Gasteiger partial charge on any atom is -0.100 e. The van der Waals surface area contributed by atoms with Gasteiger partial charge in [0.1, 0.15) is 0 Å². The maximum absolute atomic E-state index is 2.52. The Kier molecular flexibility index (Phi) is 13.4. The zero-order valence-electron chi connectivity index (χ0n) is 21.5. The molecule has 2 unspecified atom stereocenters. The molecule has 0 amide bonds. The van der Waals surface area contributed by atoms with E-state index < -0.39 is 0 Å². The molecule has 0 spiro atoms. The molecule has 0 radical (unpaired) electrons. The van der Waals surface area contributed by atoms with Crippen LogP contribution in [0.1, 0.15) is 149 Å². The minimum absolute atomic E-state index is 0.293. The number of hydrogen-bond donors (Lipinski definition) is 0. The summed E-state index contributed by atoms with van der Waals surface area (Å²) in [5.41, 5.74) is 4.57. The highest BCUT2D eigenvalue weighted by Gasteiger charge is 2.31. The molecule has 0 aliphatic heterocycles. The molecule has 3 fully saturated rings. The molecule has 3 saturated carbocycles. The third-order valence-corrected chi connectivity index (χ3v) is 16.6. The molecule has 2 heteroatoms. The molecule has 31 heavy (non-hydrogen) atoms. The van der Waals surface area contributed by atoms with Gasteiger partial charge in [0.05, 0.1) is 0 Å². The molecule has 2 atom stereocenters. The van der Waals surface area contributed by atoms with E-state index in [0.29, 0.717) is 15.8 Å². The fraction of sp³-hybridized carbons (Fsp3) is 1.00. The summed E-state index contributed by atoms with van der Waals surface area (Å²) in [4.78, 5) is 0. The molecule has 0 bridgehead atoms. The Morgan fingerprint density at radius 2 is 1.06 bits per heavy atom. The highest BCUT2D eigenvalue weighted by atomic mass is 31.1. The van der Waals surface area contributed by atoms with Gasteiger partial charge in [-0.2, -0.15) is 0 Å². The first kappa shape index (κ1) is 26.5. The zero-order chi connectivity index (χ0) is 21.7. The summed E-state index contributed by atoms with van der Waals surface area (Å²) in [7, 11) is 0.630. The van der Waals surface area contributed by atoms with Gasteiger partial charge in [0.25, 0.3) is 0 Å². The van der Waals surface area contributed by atoms with E-state index in [1.807, 2.05) is 0 Å². The van der Waals surface area contributed by atoms with Crippen LogP contribution in [0, 0.1) is 0 Å². The van der Waals surface area contributed by atoms with E-state index in [2.05, 4.69) is 13.8 Å². The monoisotopic (exact) mass is 466 g/mol. The van der Waals surface area contributed by atoms with Crippen LogP contribution >= 0.6 is 15.8 Å². The van der Waals surface area contributed by atoms with Gasteiger partial charge in [-0.15, -0.1) is 15.8 Å². The van der Waals surface area contributed by atoms with Crippen molar-refractivity contribution in [3.05, 3.63) is 0 Å². The van der Waals surface area contributed by atoms with Gasteiger partial charge in [-0.25, -0.2) is 0 Å². The number of rotatable bonds is 13. The Hall–Kier alpha value is 0.860. The van der Waals surface area contributed by atoms with Crippen LogP contribution in [0.4, 0.5) is 0 Å². The van der Waals surface area contributed by atoms with Crippen molar-refractivity contribution >= 4 is 15.8 Å². The fourth-order valence-corrected chi connectivity index (χ4v) is 15.1. The molecule has 3 rings (SSSR count). The standard InChI is InChI=1S/C29H56P2/c1-3-5-17-26(4-2)30(27-18-9-6-10-19-27)24-15-16-25-31(28-20-11-7-12-21-28)29-22-13-8-14-23-29/h26-29H,3-25H2,1-2H3. The topological polar surface area (TPSA) is 0 Å². The number of unbranched alkanes of at least 4 members (excludes halogenated alkanes) is 2. The van der Waals surface area contributed by atoms with Crippen molar-refractivity contribution in [3.63, 3.8) is 0 Å². The Balaban J connectivity index is 1.52. The Labute approximate surface area is 199 Å². The van der Waals surface area contributed by atoms with Gasteiger partial charge in [-0.05, 0) is 99.2 Å². The lowest BCUT2D eigenvalue weighted by Crippen LogP contribution is -2.22. The number of hydrogen-bond acceptors (Lipinski definition) is 0. The Morgan fingerprint density at radius 3 is 1.55 bits per heavy atom. The zero-order valence-corrected chi connectivity index (χ0v) is 23.3. The highest BCUT2D eigenvalue weighted by molar-refractivity contribution is 7.59. The second kappa shape index (κ2) is 15.7. The molecule has 0 aromatic rings. The second-order valence-electron chi connectivity index (χ2n) is 11.3. The lowest BCUT2D eigenvalue weighted by Gasteiger charge is -2.39. The molecule has 0 aromatic carbocycles. The van der Waals surface area contributed by atoms with Crippen molar-refractivity contribution < 1.29 is 0 Å². The largest absolute Gasteiger partial charge is 0.100 e. The van der Waals surface area contributed by atoms with Gasteiger partial charge in [0, 0.05) is 0 Å². The van der Waals surface area contributed by atoms with Crippen molar-refractivity contribution in [2.24, 2.45) is 0 Å². The summed E-state index contributed by atoms with van der Waals surface area (Å²) in [5, 5.41) is 0. The summed E-state index contributed by atoms with van der Waals surface area (Å²) in [5.74, 6) is 0. The molecular weight excluding hydrogens is 410 g/mol. The van der Waals surface area contributed by atoms with Crippen molar-refractivity contribution in [1.82, 2.24) is 0 Å². The van der Waals surface area contributed by atoms with E-state index >= 15 is 0 Å². The lowest BCUT2D eigenvalue weighted by atomic mass is 9.99. The van der Waals surface area contributed by atoms with E-state index in [1.54, 1.807) is 109 Å². The molecule has 0 saturated heterocycles. The van der Waals surface area contributed by atoms with Crippen LogP contribution in [0.3, 0.4) is 0 Å². The Bertz CT molecular complexity index is 414. The second-order valence-corrected chi connectivity index (χ2v) is 17.1. The summed E-state index contributed by atoms with van der Waals surface area (Å²) >= 11 is 0. The molecule has 182 valence electrons. The van der Waals surface area contributed by atoms with Crippen LogP contribution in [0.2, 0.25) is 0 Å². The first-order chi connectivity index (χ1) is 15.3. The van der Waals surface area contributed by atoms with Crippen molar-refractivity contribution in [2.75, 3.05) is 12.3 Å². The van der Waals surface area contributed by atoms with E-state index in [1.165, 1.54) is 49.8 Å². The average molecular weight is 467 g/mol. The van der Waals surface area contributed by atoms with Gasteiger partial charge in [-0.1, -0.05) is 84.5 Å². The van der Waals surface area contributed by atoms with E-state index in [0.717, 1.165) is 11.3 Å². The van der Waals surface area contributed by atoms with Gasteiger partial charge >= 0.3 is 0 Å². The predicted molar refractivity (Wildman–Crippen MR) is 147 cm³/mol. The van der Waals surface area contributed by atoms with E-state index in [4.69, 9.17) is 0 Å². The predicted octanol–water partition coefficient (Wildman–Crippen LogP) is 10.7. The molecule has 3 aliphatic rings. The molecule has 0 aromatic heterocycles. The first-order valence-corrected chi connectivity index (χ1v) is 18.2. The van der Waals surface area contributed by atoms with Crippen LogP contribution in [0.15, 0.2) is 0 Å². The molecule has 0 heterocycles. The summed E-state index contributed by atoms with van der Waals surface area (Å²) in [6.45, 7) is 4.91. The minimum atomic E-state index is 0.293. The van der Waals surface area contributed by atoms with Gasteiger partial charge in [0.15, 0.2) is 0 Å². The Morgan fingerprint density at radius 1 is 0.581 bits per heavy atom. The lowest BCUT2D eigenvalue weighted by molar-refractivity contribution is 0.483. The first-order valence-electron chi connectivity index (χ1n) is 14.8. The van der Waals surface area contributed by atoms with Crippen LogP contribution in [0.25, 0.3) is 0 Å². The van der Waals surface area contributed by atoms with Crippen LogP contribution in [0.5, 0.6) is 0 Å². The van der Waals surface area contributed by atoms with Crippen molar-refractivity contribution in [2.45, 2.75) is 171 Å². The maximum atomic E-state index is 2.52. The third-order valence-electron chi connectivity index (χ3n) is 9.04. The summed E-state index contributed by atoms with van der Waals surface area (Å²) in [6, 6.07) is 0. The smallest absolute Gasteiger partial charge is 0.0207 e. The quantitative estimate of drug-likeness (QED) is 0.187. The van der Waals surface area contributed by atoms with Crippen LogP contribution < -0.4 is 0 Å². The highest BCUT2D eigenvalue weighted by Crippen LogP contribution is 2.57. The van der Waals surface area contributed by atoms with Crippen molar-refractivity contribution in [1.29, 1.82) is 0 Å². The molecule has 3 aliphatic carbocycles. The van der Waals surface area contributed by atoms with Crippen LogP contribution in [-0.4, -0.2) is 35.0 Å². The molecule has 0 nitrogen and oxygen atoms in total. The van der Waals surface area contributed by atoms with E-state index in [9.17, 15) is 0 Å². The summed E-state index contributed by atoms with van der Waals surface area (Å²) < 4.78 is 0. The SMILES string of the molecule is CCCCC(CC)P(CCCCP(C1CCCCC1)C1CCCCC1)C1CCCCC1. The third kappa shape index (κ3) is 8.86. The van der Waals surface area contributed by atoms with Gasteiger partial charge < -0.3 is 0 Å². The maximum Gasteiger partial charge on any atom is -0.0207 e.